The normalized spacial score (nSPS) is 14.0. The van der Waals surface area contributed by atoms with E-state index in [-0.39, 0.29) is 5.56 Å². The molecule has 1 amide bonds. The van der Waals surface area contributed by atoms with Crippen LogP contribution in [0.15, 0.2) is 54.6 Å². The molecule has 0 aromatic heterocycles. The maximum Gasteiger partial charge on any atom is 0.416 e. The number of nitrogens with zero attached hydrogens (tertiary/aromatic N) is 1. The SMILES string of the molecule is CC(C)(C)OC(=O)N[C@H](c1ccccc1)[C@H](c1ccc(C(F)(F)F)cc1)[N+](=O)[O-]. The Morgan fingerprint density at radius 2 is 1.55 bits per heavy atom. The van der Waals surface area contributed by atoms with E-state index in [2.05, 4.69) is 5.32 Å². The molecular formula is C20H21F3N2O4. The number of hydrogen-bond acceptors (Lipinski definition) is 4. The van der Waals surface area contributed by atoms with Gasteiger partial charge in [-0.15, -0.1) is 0 Å². The zero-order valence-corrected chi connectivity index (χ0v) is 16.1. The number of ether oxygens (including phenoxy) is 1. The van der Waals surface area contributed by atoms with Crippen LogP contribution in [-0.2, 0) is 10.9 Å². The van der Waals surface area contributed by atoms with E-state index < -0.39 is 40.4 Å². The van der Waals surface area contributed by atoms with Crippen LogP contribution in [0.2, 0.25) is 0 Å². The molecule has 0 saturated carbocycles. The van der Waals surface area contributed by atoms with E-state index in [0.717, 1.165) is 24.3 Å². The molecule has 2 aromatic rings. The smallest absolute Gasteiger partial charge is 0.416 e. The lowest BCUT2D eigenvalue weighted by atomic mass is 9.93. The molecule has 0 unspecified atom stereocenters. The minimum absolute atomic E-state index is 0.0212. The molecule has 156 valence electrons. The molecule has 0 aliphatic heterocycles. The van der Waals surface area contributed by atoms with Crippen LogP contribution < -0.4 is 5.32 Å². The molecule has 2 rings (SSSR count). The first-order valence-corrected chi connectivity index (χ1v) is 8.73. The van der Waals surface area contributed by atoms with Gasteiger partial charge in [-0.2, -0.15) is 13.2 Å². The number of rotatable bonds is 5. The van der Waals surface area contributed by atoms with Crippen LogP contribution in [0.4, 0.5) is 18.0 Å². The molecule has 0 saturated heterocycles. The quantitative estimate of drug-likeness (QED) is 0.536. The van der Waals surface area contributed by atoms with Crippen molar-refractivity contribution in [2.75, 3.05) is 0 Å². The van der Waals surface area contributed by atoms with Crippen LogP contribution in [0.5, 0.6) is 0 Å². The second-order valence-electron chi connectivity index (χ2n) is 7.38. The molecule has 2 atom stereocenters. The number of nitrogens with one attached hydrogen (secondary N) is 1. The van der Waals surface area contributed by atoms with Crippen molar-refractivity contribution in [3.05, 3.63) is 81.4 Å². The summed E-state index contributed by atoms with van der Waals surface area (Å²) in [7, 11) is 0. The summed E-state index contributed by atoms with van der Waals surface area (Å²) in [6, 6.07) is 9.13. The van der Waals surface area contributed by atoms with Crippen LogP contribution in [0.1, 0.15) is 49.5 Å². The second-order valence-corrected chi connectivity index (χ2v) is 7.38. The van der Waals surface area contributed by atoms with Crippen molar-refractivity contribution >= 4 is 6.09 Å². The Morgan fingerprint density at radius 3 is 2.00 bits per heavy atom. The van der Waals surface area contributed by atoms with Gasteiger partial charge in [0.25, 0.3) is 6.04 Å². The van der Waals surface area contributed by atoms with Crippen LogP contribution in [0.25, 0.3) is 0 Å². The standard InChI is InChI=1S/C20H21F3N2O4/c1-19(2,3)29-18(26)24-16(13-7-5-4-6-8-13)17(25(27)28)14-9-11-15(12-10-14)20(21,22)23/h4-12,16-17H,1-3H3,(H,24,26)/t16-,17+/m1/s1. The number of alkyl halides is 3. The van der Waals surface area contributed by atoms with Gasteiger partial charge < -0.3 is 10.1 Å². The molecule has 6 nitrogen and oxygen atoms in total. The molecule has 0 aliphatic rings. The monoisotopic (exact) mass is 410 g/mol. The molecule has 0 spiro atoms. The van der Waals surface area contributed by atoms with Crippen molar-refractivity contribution in [3.63, 3.8) is 0 Å². The first-order chi connectivity index (χ1) is 13.4. The lowest BCUT2D eigenvalue weighted by Crippen LogP contribution is -2.39. The lowest BCUT2D eigenvalue weighted by Gasteiger charge is -2.26. The van der Waals surface area contributed by atoms with E-state index in [4.69, 9.17) is 4.74 Å². The van der Waals surface area contributed by atoms with Gasteiger partial charge in [-0.05, 0) is 38.5 Å². The Morgan fingerprint density at radius 1 is 1.00 bits per heavy atom. The Labute approximate surface area is 165 Å². The first kappa shape index (κ1) is 22.2. The van der Waals surface area contributed by atoms with Crippen LogP contribution in [-0.4, -0.2) is 16.6 Å². The van der Waals surface area contributed by atoms with E-state index in [1.165, 1.54) is 0 Å². The highest BCUT2D eigenvalue weighted by Crippen LogP contribution is 2.35. The van der Waals surface area contributed by atoms with Gasteiger partial charge in [0.1, 0.15) is 11.6 Å². The van der Waals surface area contributed by atoms with Crippen molar-refractivity contribution in [3.8, 4) is 0 Å². The summed E-state index contributed by atoms with van der Waals surface area (Å²) >= 11 is 0. The molecular weight excluding hydrogens is 389 g/mol. The van der Waals surface area contributed by atoms with Gasteiger partial charge in [0, 0.05) is 10.5 Å². The predicted octanol–water partition coefficient (Wildman–Crippen LogP) is 5.29. The molecule has 0 heterocycles. The van der Waals surface area contributed by atoms with Crippen LogP contribution in [0, 0.1) is 10.1 Å². The Bertz CT molecular complexity index is 847. The number of halogens is 3. The average Bonchev–Trinajstić information content (AvgIpc) is 2.60. The minimum Gasteiger partial charge on any atom is -0.444 e. The fourth-order valence-corrected chi connectivity index (χ4v) is 2.74. The molecule has 29 heavy (non-hydrogen) atoms. The number of amides is 1. The number of nitro groups is 1. The summed E-state index contributed by atoms with van der Waals surface area (Å²) in [5.41, 5.74) is -1.31. The van der Waals surface area contributed by atoms with E-state index in [1.807, 2.05) is 0 Å². The molecule has 1 N–H and O–H groups in total. The lowest BCUT2D eigenvalue weighted by molar-refractivity contribution is -0.534. The molecule has 2 aromatic carbocycles. The van der Waals surface area contributed by atoms with Gasteiger partial charge in [-0.1, -0.05) is 42.5 Å². The van der Waals surface area contributed by atoms with Crippen molar-refractivity contribution in [2.24, 2.45) is 0 Å². The molecule has 9 heteroatoms. The first-order valence-electron chi connectivity index (χ1n) is 8.73. The van der Waals surface area contributed by atoms with Gasteiger partial charge >= 0.3 is 12.3 Å². The topological polar surface area (TPSA) is 81.5 Å². The summed E-state index contributed by atoms with van der Waals surface area (Å²) in [5.74, 6) is 0. The highest BCUT2D eigenvalue weighted by atomic mass is 19.4. The Kier molecular flexibility index (Phi) is 6.51. The number of carbonyl (C=O) groups excluding carboxylic acids is 1. The van der Waals surface area contributed by atoms with E-state index in [1.54, 1.807) is 51.1 Å². The fraction of sp³-hybridized carbons (Fsp3) is 0.350. The number of benzene rings is 2. The molecule has 0 radical (unpaired) electrons. The number of alkyl carbamates (subject to hydrolysis) is 1. The molecule has 0 aliphatic carbocycles. The second kappa shape index (κ2) is 8.50. The summed E-state index contributed by atoms with van der Waals surface area (Å²) in [6.07, 6.45) is -5.43. The fourth-order valence-electron chi connectivity index (χ4n) is 2.74. The maximum absolute atomic E-state index is 12.8. The van der Waals surface area contributed by atoms with Gasteiger partial charge in [-0.25, -0.2) is 4.79 Å². The summed E-state index contributed by atoms with van der Waals surface area (Å²) in [4.78, 5) is 23.5. The van der Waals surface area contributed by atoms with Crippen molar-refractivity contribution in [1.29, 1.82) is 0 Å². The highest BCUT2D eigenvalue weighted by molar-refractivity contribution is 5.68. The van der Waals surface area contributed by atoms with Gasteiger partial charge in [-0.3, -0.25) is 10.1 Å². The number of carbonyl (C=O) groups is 1. The van der Waals surface area contributed by atoms with E-state index in [9.17, 15) is 28.1 Å². The Balaban J connectivity index is 2.44. The molecule has 0 fully saturated rings. The summed E-state index contributed by atoms with van der Waals surface area (Å²) in [6.45, 7) is 4.93. The van der Waals surface area contributed by atoms with Gasteiger partial charge in [0.15, 0.2) is 0 Å². The predicted molar refractivity (Wildman–Crippen MR) is 99.7 cm³/mol. The molecule has 0 bridgehead atoms. The largest absolute Gasteiger partial charge is 0.444 e. The van der Waals surface area contributed by atoms with Crippen molar-refractivity contribution in [2.45, 2.75) is 44.6 Å². The highest BCUT2D eigenvalue weighted by Gasteiger charge is 2.38. The van der Waals surface area contributed by atoms with E-state index >= 15 is 0 Å². The third kappa shape index (κ3) is 6.20. The third-order valence-corrected chi connectivity index (χ3v) is 3.95. The minimum atomic E-state index is -4.56. The number of hydrogen-bond donors (Lipinski definition) is 1. The Hall–Kier alpha value is -3.10. The average molecular weight is 410 g/mol. The summed E-state index contributed by atoms with van der Waals surface area (Å²) < 4.78 is 43.7. The van der Waals surface area contributed by atoms with Crippen molar-refractivity contribution in [1.82, 2.24) is 5.32 Å². The summed E-state index contributed by atoms with van der Waals surface area (Å²) in [5, 5.41) is 14.3. The van der Waals surface area contributed by atoms with Gasteiger partial charge in [0.2, 0.25) is 0 Å². The van der Waals surface area contributed by atoms with Crippen molar-refractivity contribution < 1.29 is 27.6 Å². The van der Waals surface area contributed by atoms with Gasteiger partial charge in [0.05, 0.1) is 5.56 Å². The zero-order valence-electron chi connectivity index (χ0n) is 16.1. The third-order valence-electron chi connectivity index (χ3n) is 3.95. The van der Waals surface area contributed by atoms with Crippen LogP contribution in [0.3, 0.4) is 0 Å². The van der Waals surface area contributed by atoms with E-state index in [0.29, 0.717) is 5.56 Å². The van der Waals surface area contributed by atoms with Crippen LogP contribution >= 0.6 is 0 Å². The zero-order chi connectivity index (χ0) is 21.8. The maximum atomic E-state index is 12.8.